The first-order valence-corrected chi connectivity index (χ1v) is 7.25. The molecule has 0 aliphatic heterocycles. The van der Waals surface area contributed by atoms with Crippen LogP contribution in [0.15, 0.2) is 30.3 Å². The summed E-state index contributed by atoms with van der Waals surface area (Å²) in [5, 5.41) is 14.3. The number of nitrogens with zero attached hydrogens (tertiary/aromatic N) is 2. The van der Waals surface area contributed by atoms with Crippen molar-refractivity contribution in [1.82, 2.24) is 15.5 Å². The topological polar surface area (TPSA) is 37.8 Å². The maximum Gasteiger partial charge on any atom is 0.131 e. The Kier molecular flexibility index (Phi) is 3.39. The average Bonchev–Trinajstić information content (AvgIpc) is 3.14. The summed E-state index contributed by atoms with van der Waals surface area (Å²) in [5.74, 6) is 0.332. The fraction of sp³-hybridized carbons (Fsp3) is 0.429. The molecule has 1 aliphatic rings. The Balaban J connectivity index is 1.68. The molecule has 1 aromatic heterocycles. The second kappa shape index (κ2) is 5.16. The maximum absolute atomic E-state index is 4.32. The first kappa shape index (κ1) is 11.8. The normalized spacial score (nSPS) is 16.7. The van der Waals surface area contributed by atoms with Crippen LogP contribution in [-0.4, -0.2) is 16.2 Å². The number of nitrogens with one attached hydrogen (secondary N) is 1. The summed E-state index contributed by atoms with van der Waals surface area (Å²) in [4.78, 5) is 0. The van der Waals surface area contributed by atoms with Crippen molar-refractivity contribution in [2.75, 3.05) is 0 Å². The molecule has 1 atom stereocenters. The summed E-state index contributed by atoms with van der Waals surface area (Å²) in [5.41, 5.74) is 1.30. The number of aromatic nitrogens is 2. The van der Waals surface area contributed by atoms with Gasteiger partial charge in [-0.1, -0.05) is 48.6 Å². The molecule has 1 aromatic carbocycles. The monoisotopic (exact) mass is 259 g/mol. The molecule has 1 aliphatic carbocycles. The lowest BCUT2D eigenvalue weighted by Gasteiger charge is -2.06. The van der Waals surface area contributed by atoms with Crippen molar-refractivity contribution in [3.05, 3.63) is 45.9 Å². The van der Waals surface area contributed by atoms with Crippen molar-refractivity contribution < 1.29 is 0 Å². The van der Waals surface area contributed by atoms with E-state index in [9.17, 15) is 0 Å². The lowest BCUT2D eigenvalue weighted by molar-refractivity contribution is 0.677. The maximum atomic E-state index is 4.32. The molecular weight excluding hydrogens is 242 g/mol. The minimum atomic E-state index is 0.332. The summed E-state index contributed by atoms with van der Waals surface area (Å²) in [7, 11) is 0. The van der Waals surface area contributed by atoms with E-state index >= 15 is 0 Å². The van der Waals surface area contributed by atoms with Gasteiger partial charge < -0.3 is 5.32 Å². The summed E-state index contributed by atoms with van der Waals surface area (Å²) in [6.07, 6.45) is 2.62. The highest BCUT2D eigenvalue weighted by Gasteiger charge is 2.21. The minimum Gasteiger partial charge on any atom is -0.308 e. The highest BCUT2D eigenvalue weighted by Crippen LogP contribution is 2.27. The van der Waals surface area contributed by atoms with E-state index in [0.717, 1.165) is 22.6 Å². The van der Waals surface area contributed by atoms with E-state index in [1.807, 2.05) is 6.07 Å². The first-order valence-electron chi connectivity index (χ1n) is 6.43. The summed E-state index contributed by atoms with van der Waals surface area (Å²) in [6.45, 7) is 3.05. The van der Waals surface area contributed by atoms with Gasteiger partial charge in [0.05, 0.1) is 0 Å². The van der Waals surface area contributed by atoms with Crippen molar-refractivity contribution in [3.63, 3.8) is 0 Å². The molecule has 1 unspecified atom stereocenters. The molecule has 1 N–H and O–H groups in total. The third-order valence-corrected chi connectivity index (χ3v) is 4.38. The van der Waals surface area contributed by atoms with Gasteiger partial charge in [0.15, 0.2) is 0 Å². The van der Waals surface area contributed by atoms with Gasteiger partial charge in [0.2, 0.25) is 0 Å². The van der Waals surface area contributed by atoms with Crippen molar-refractivity contribution >= 4 is 11.3 Å². The molecule has 2 aromatic rings. The zero-order valence-electron chi connectivity index (χ0n) is 10.5. The third kappa shape index (κ3) is 2.76. The van der Waals surface area contributed by atoms with E-state index in [-0.39, 0.29) is 0 Å². The number of hydrogen-bond donors (Lipinski definition) is 1. The molecule has 0 radical (unpaired) electrons. The van der Waals surface area contributed by atoms with Crippen LogP contribution < -0.4 is 5.32 Å². The predicted octanol–water partition coefficient (Wildman–Crippen LogP) is 2.94. The number of hydrogen-bond acceptors (Lipinski definition) is 4. The second-order valence-corrected chi connectivity index (χ2v) is 5.92. The molecule has 4 heteroatoms. The highest BCUT2D eigenvalue weighted by atomic mass is 32.1. The minimum absolute atomic E-state index is 0.332. The van der Waals surface area contributed by atoms with Gasteiger partial charge in [0.1, 0.15) is 10.0 Å². The van der Waals surface area contributed by atoms with Crippen LogP contribution in [0.25, 0.3) is 0 Å². The molecular formula is C14H17N3S. The molecule has 0 amide bonds. The van der Waals surface area contributed by atoms with Crippen LogP contribution in [0.1, 0.15) is 41.3 Å². The Bertz CT molecular complexity index is 505. The van der Waals surface area contributed by atoms with E-state index in [2.05, 4.69) is 46.7 Å². The van der Waals surface area contributed by atoms with Gasteiger partial charge in [0.25, 0.3) is 0 Å². The van der Waals surface area contributed by atoms with Gasteiger partial charge in [-0.25, -0.2) is 0 Å². The Morgan fingerprint density at radius 3 is 2.78 bits per heavy atom. The Morgan fingerprint density at radius 2 is 2.06 bits per heavy atom. The zero-order valence-corrected chi connectivity index (χ0v) is 11.3. The van der Waals surface area contributed by atoms with Crippen molar-refractivity contribution in [1.29, 1.82) is 0 Å². The second-order valence-electron chi connectivity index (χ2n) is 4.82. The Morgan fingerprint density at radius 1 is 1.28 bits per heavy atom. The molecule has 18 heavy (non-hydrogen) atoms. The number of benzene rings is 1. The summed E-state index contributed by atoms with van der Waals surface area (Å²) < 4.78 is 0. The predicted molar refractivity (Wildman–Crippen MR) is 73.7 cm³/mol. The van der Waals surface area contributed by atoms with E-state index < -0.39 is 0 Å². The van der Waals surface area contributed by atoms with Crippen LogP contribution in [-0.2, 0) is 6.54 Å². The third-order valence-electron chi connectivity index (χ3n) is 3.27. The molecule has 1 fully saturated rings. The summed E-state index contributed by atoms with van der Waals surface area (Å²) in [6, 6.07) is 11.2. The summed E-state index contributed by atoms with van der Waals surface area (Å²) >= 11 is 1.72. The van der Waals surface area contributed by atoms with Crippen LogP contribution in [0.5, 0.6) is 0 Å². The van der Waals surface area contributed by atoms with Crippen molar-refractivity contribution in [2.24, 2.45) is 0 Å². The molecule has 94 valence electrons. The van der Waals surface area contributed by atoms with Gasteiger partial charge in [-0.2, -0.15) is 0 Å². The molecule has 1 saturated carbocycles. The quantitative estimate of drug-likeness (QED) is 0.897. The first-order chi connectivity index (χ1) is 8.83. The molecule has 1 heterocycles. The smallest absolute Gasteiger partial charge is 0.131 e. The molecule has 0 saturated heterocycles. The van der Waals surface area contributed by atoms with Gasteiger partial charge in [-0.05, 0) is 18.4 Å². The zero-order chi connectivity index (χ0) is 12.4. The van der Waals surface area contributed by atoms with Gasteiger partial charge in [-0.3, -0.25) is 0 Å². The fourth-order valence-corrected chi connectivity index (χ4v) is 2.79. The highest BCUT2D eigenvalue weighted by molar-refractivity contribution is 7.11. The van der Waals surface area contributed by atoms with Crippen molar-refractivity contribution in [3.8, 4) is 0 Å². The van der Waals surface area contributed by atoms with Crippen LogP contribution in [0.2, 0.25) is 0 Å². The van der Waals surface area contributed by atoms with E-state index in [4.69, 9.17) is 0 Å². The van der Waals surface area contributed by atoms with E-state index in [0.29, 0.717) is 5.92 Å². The van der Waals surface area contributed by atoms with Gasteiger partial charge in [-0.15, -0.1) is 10.2 Å². The lowest BCUT2D eigenvalue weighted by atomic mass is 10.0. The van der Waals surface area contributed by atoms with Crippen LogP contribution in [0.4, 0.5) is 0 Å². The molecule has 0 bridgehead atoms. The standard InChI is InChI=1S/C14H17N3S/c1-10(11-5-3-2-4-6-11)14-17-16-13(18-14)9-15-12-7-8-12/h2-6,10,12,15H,7-9H2,1H3. The SMILES string of the molecule is CC(c1ccccc1)c1nnc(CNC2CC2)s1. The van der Waals surface area contributed by atoms with Crippen LogP contribution in [0, 0.1) is 0 Å². The molecule has 3 nitrogen and oxygen atoms in total. The molecule has 3 rings (SSSR count). The van der Waals surface area contributed by atoms with E-state index in [1.165, 1.54) is 18.4 Å². The van der Waals surface area contributed by atoms with Crippen LogP contribution >= 0.6 is 11.3 Å². The van der Waals surface area contributed by atoms with Crippen LogP contribution in [0.3, 0.4) is 0 Å². The number of rotatable bonds is 5. The van der Waals surface area contributed by atoms with Gasteiger partial charge >= 0.3 is 0 Å². The van der Waals surface area contributed by atoms with Gasteiger partial charge in [0, 0.05) is 18.5 Å². The molecule has 0 spiro atoms. The average molecular weight is 259 g/mol. The van der Waals surface area contributed by atoms with E-state index in [1.54, 1.807) is 11.3 Å². The fourth-order valence-electron chi connectivity index (χ4n) is 1.92. The largest absolute Gasteiger partial charge is 0.308 e. The Hall–Kier alpha value is -1.26. The Labute approximate surface area is 111 Å². The van der Waals surface area contributed by atoms with Crippen molar-refractivity contribution in [2.45, 2.75) is 38.3 Å². The lowest BCUT2D eigenvalue weighted by Crippen LogP contribution is -2.14.